The highest BCUT2D eigenvalue weighted by Gasteiger charge is 2.26. The summed E-state index contributed by atoms with van der Waals surface area (Å²) in [6, 6.07) is 7.27. The molecule has 0 aromatic heterocycles. The van der Waals surface area contributed by atoms with Crippen LogP contribution in [-0.4, -0.2) is 12.7 Å². The number of halogens is 2. The molecule has 1 aromatic rings. The molecule has 0 heterocycles. The highest BCUT2D eigenvalue weighted by Crippen LogP contribution is 2.34. The van der Waals surface area contributed by atoms with Crippen LogP contribution < -0.4 is 10.1 Å². The van der Waals surface area contributed by atoms with Crippen LogP contribution in [0, 0.1) is 5.92 Å². The van der Waals surface area contributed by atoms with Gasteiger partial charge in [-0.05, 0) is 30.9 Å². The summed E-state index contributed by atoms with van der Waals surface area (Å²) in [4.78, 5) is 0. The van der Waals surface area contributed by atoms with Crippen LogP contribution in [-0.2, 0) is 0 Å². The van der Waals surface area contributed by atoms with Crippen LogP contribution in [0.1, 0.15) is 32.6 Å². The van der Waals surface area contributed by atoms with Gasteiger partial charge in [0.15, 0.2) is 0 Å². The standard InChI is InChI=1S/C14H19F2NO/c1-2-10-6-5-8-11(10)17-12-7-3-4-9-13(12)18-14(15)16/h3-4,7,9-11,14,17H,2,5-6,8H2,1H3. The van der Waals surface area contributed by atoms with Gasteiger partial charge in [0.1, 0.15) is 5.75 Å². The summed E-state index contributed by atoms with van der Waals surface area (Å²) in [5.41, 5.74) is 0.670. The van der Waals surface area contributed by atoms with Gasteiger partial charge in [-0.15, -0.1) is 0 Å². The summed E-state index contributed by atoms with van der Waals surface area (Å²) in [6.45, 7) is -0.606. The van der Waals surface area contributed by atoms with Crippen LogP contribution in [0.2, 0.25) is 0 Å². The van der Waals surface area contributed by atoms with Crippen molar-refractivity contribution in [3.8, 4) is 5.75 Å². The summed E-state index contributed by atoms with van der Waals surface area (Å²) in [7, 11) is 0. The molecule has 0 radical (unpaired) electrons. The zero-order valence-electron chi connectivity index (χ0n) is 10.5. The van der Waals surface area contributed by atoms with E-state index >= 15 is 0 Å². The normalized spacial score (nSPS) is 23.3. The average Bonchev–Trinajstić information content (AvgIpc) is 2.78. The molecule has 4 heteroatoms. The zero-order chi connectivity index (χ0) is 13.0. The fraction of sp³-hybridized carbons (Fsp3) is 0.571. The number of hydrogen-bond donors (Lipinski definition) is 1. The van der Waals surface area contributed by atoms with Gasteiger partial charge < -0.3 is 10.1 Å². The first-order chi connectivity index (χ1) is 8.70. The zero-order valence-corrected chi connectivity index (χ0v) is 10.5. The molecule has 2 unspecified atom stereocenters. The van der Waals surface area contributed by atoms with Gasteiger partial charge in [-0.3, -0.25) is 0 Å². The van der Waals surface area contributed by atoms with E-state index in [9.17, 15) is 8.78 Å². The van der Waals surface area contributed by atoms with E-state index in [1.54, 1.807) is 18.2 Å². The molecule has 0 amide bonds. The Morgan fingerprint density at radius 2 is 2.11 bits per heavy atom. The molecule has 18 heavy (non-hydrogen) atoms. The van der Waals surface area contributed by atoms with Gasteiger partial charge in [0.25, 0.3) is 0 Å². The van der Waals surface area contributed by atoms with Gasteiger partial charge in [-0.25, -0.2) is 0 Å². The predicted octanol–water partition coefficient (Wildman–Crippen LogP) is 4.28. The van der Waals surface area contributed by atoms with Crippen molar-refractivity contribution in [2.75, 3.05) is 5.32 Å². The summed E-state index contributed by atoms with van der Waals surface area (Å²) in [6.07, 6.45) is 4.64. The molecule has 2 rings (SSSR count). The van der Waals surface area contributed by atoms with Crippen molar-refractivity contribution in [1.29, 1.82) is 0 Å². The Morgan fingerprint density at radius 1 is 1.33 bits per heavy atom. The van der Waals surface area contributed by atoms with Crippen molar-refractivity contribution in [2.24, 2.45) is 5.92 Å². The van der Waals surface area contributed by atoms with Crippen LogP contribution in [0.25, 0.3) is 0 Å². The first-order valence-electron chi connectivity index (χ1n) is 6.51. The van der Waals surface area contributed by atoms with Crippen LogP contribution in [0.5, 0.6) is 5.75 Å². The lowest BCUT2D eigenvalue weighted by molar-refractivity contribution is -0.0494. The summed E-state index contributed by atoms with van der Waals surface area (Å²) in [5.74, 6) is 0.860. The van der Waals surface area contributed by atoms with Gasteiger partial charge >= 0.3 is 6.61 Å². The number of benzene rings is 1. The van der Waals surface area contributed by atoms with Gasteiger partial charge in [0.2, 0.25) is 0 Å². The van der Waals surface area contributed by atoms with E-state index in [0.29, 0.717) is 17.6 Å². The lowest BCUT2D eigenvalue weighted by atomic mass is 10.0. The SMILES string of the molecule is CCC1CCCC1Nc1ccccc1OC(F)F. The van der Waals surface area contributed by atoms with Gasteiger partial charge in [-0.1, -0.05) is 31.9 Å². The summed E-state index contributed by atoms with van der Waals surface area (Å²) in [5, 5.41) is 3.36. The topological polar surface area (TPSA) is 21.3 Å². The Morgan fingerprint density at radius 3 is 2.83 bits per heavy atom. The van der Waals surface area contributed by atoms with Crippen molar-refractivity contribution in [3.63, 3.8) is 0 Å². The summed E-state index contributed by atoms with van der Waals surface area (Å²) < 4.78 is 29.1. The second-order valence-electron chi connectivity index (χ2n) is 4.72. The Balaban J connectivity index is 2.08. The molecule has 0 saturated heterocycles. The molecule has 0 bridgehead atoms. The molecule has 1 aliphatic carbocycles. The molecule has 1 aliphatic rings. The van der Waals surface area contributed by atoms with Crippen molar-refractivity contribution in [2.45, 2.75) is 45.3 Å². The van der Waals surface area contributed by atoms with Crippen molar-refractivity contribution >= 4 is 5.69 Å². The van der Waals surface area contributed by atoms with Gasteiger partial charge in [0, 0.05) is 6.04 Å². The molecule has 0 aliphatic heterocycles. The minimum Gasteiger partial charge on any atom is -0.433 e. The molecule has 1 fully saturated rings. The van der Waals surface area contributed by atoms with Crippen molar-refractivity contribution in [1.82, 2.24) is 0 Å². The number of para-hydroxylation sites is 2. The maximum absolute atomic E-state index is 12.3. The first kappa shape index (κ1) is 13.1. The number of ether oxygens (including phenoxy) is 1. The molecular formula is C14H19F2NO. The predicted molar refractivity (Wildman–Crippen MR) is 68.1 cm³/mol. The number of nitrogens with one attached hydrogen (secondary N) is 1. The van der Waals surface area contributed by atoms with E-state index in [4.69, 9.17) is 0 Å². The van der Waals surface area contributed by atoms with E-state index in [2.05, 4.69) is 17.0 Å². The van der Waals surface area contributed by atoms with Crippen molar-refractivity contribution in [3.05, 3.63) is 24.3 Å². The maximum atomic E-state index is 12.3. The molecular weight excluding hydrogens is 236 g/mol. The first-order valence-corrected chi connectivity index (χ1v) is 6.51. The van der Waals surface area contributed by atoms with Crippen molar-refractivity contribution < 1.29 is 13.5 Å². The number of alkyl halides is 2. The van der Waals surface area contributed by atoms with E-state index < -0.39 is 6.61 Å². The minimum atomic E-state index is -2.78. The molecule has 2 atom stereocenters. The van der Waals surface area contributed by atoms with Crippen LogP contribution in [0.3, 0.4) is 0 Å². The Labute approximate surface area is 106 Å². The van der Waals surface area contributed by atoms with Gasteiger partial charge in [0.05, 0.1) is 5.69 Å². The van der Waals surface area contributed by atoms with Crippen LogP contribution >= 0.6 is 0 Å². The third kappa shape index (κ3) is 3.12. The molecule has 1 saturated carbocycles. The molecule has 2 nitrogen and oxygen atoms in total. The highest BCUT2D eigenvalue weighted by molar-refractivity contribution is 5.56. The van der Waals surface area contributed by atoms with E-state index in [-0.39, 0.29) is 5.75 Å². The average molecular weight is 255 g/mol. The van der Waals surface area contributed by atoms with E-state index in [1.165, 1.54) is 12.8 Å². The second-order valence-corrected chi connectivity index (χ2v) is 4.72. The van der Waals surface area contributed by atoms with Crippen LogP contribution in [0.15, 0.2) is 24.3 Å². The number of anilines is 1. The lowest BCUT2D eigenvalue weighted by Gasteiger charge is -2.22. The highest BCUT2D eigenvalue weighted by atomic mass is 19.3. The Hall–Kier alpha value is -1.32. The fourth-order valence-electron chi connectivity index (χ4n) is 2.70. The van der Waals surface area contributed by atoms with Gasteiger partial charge in [-0.2, -0.15) is 8.78 Å². The molecule has 100 valence electrons. The third-order valence-corrected chi connectivity index (χ3v) is 3.63. The number of hydrogen-bond acceptors (Lipinski definition) is 2. The van der Waals surface area contributed by atoms with E-state index in [1.807, 2.05) is 6.07 Å². The molecule has 0 spiro atoms. The third-order valence-electron chi connectivity index (χ3n) is 3.63. The Bertz CT molecular complexity index is 384. The number of rotatable bonds is 5. The molecule has 1 N–H and O–H groups in total. The molecule has 1 aromatic carbocycles. The Kier molecular flexibility index (Phi) is 4.39. The summed E-state index contributed by atoms with van der Waals surface area (Å²) >= 11 is 0. The van der Waals surface area contributed by atoms with E-state index in [0.717, 1.165) is 12.8 Å². The largest absolute Gasteiger partial charge is 0.433 e. The smallest absolute Gasteiger partial charge is 0.387 e. The monoisotopic (exact) mass is 255 g/mol. The quantitative estimate of drug-likeness (QED) is 0.848. The second kappa shape index (κ2) is 6.03. The van der Waals surface area contributed by atoms with Crippen LogP contribution in [0.4, 0.5) is 14.5 Å². The minimum absolute atomic E-state index is 0.231. The maximum Gasteiger partial charge on any atom is 0.387 e. The lowest BCUT2D eigenvalue weighted by Crippen LogP contribution is -2.23. The fourth-order valence-corrected chi connectivity index (χ4v) is 2.70.